The van der Waals surface area contributed by atoms with Crippen molar-refractivity contribution in [3.63, 3.8) is 0 Å². The van der Waals surface area contributed by atoms with Crippen molar-refractivity contribution in [1.82, 2.24) is 5.32 Å². The van der Waals surface area contributed by atoms with Gasteiger partial charge in [-0.3, -0.25) is 0 Å². The van der Waals surface area contributed by atoms with Gasteiger partial charge in [-0.05, 0) is 48.7 Å². The fourth-order valence-electron chi connectivity index (χ4n) is 2.61. The Balaban J connectivity index is 2.24. The molecule has 0 aliphatic rings. The number of halogens is 2. The van der Waals surface area contributed by atoms with Crippen molar-refractivity contribution in [2.24, 2.45) is 0 Å². The summed E-state index contributed by atoms with van der Waals surface area (Å²) in [6.07, 6.45) is 0.845. The van der Waals surface area contributed by atoms with Crippen molar-refractivity contribution in [2.45, 2.75) is 26.2 Å². The summed E-state index contributed by atoms with van der Waals surface area (Å²) in [5, 5.41) is 3.61. The Morgan fingerprint density at radius 2 is 1.95 bits per heavy atom. The first-order valence-electron chi connectivity index (χ1n) is 7.32. The van der Waals surface area contributed by atoms with Crippen LogP contribution in [-0.2, 0) is 6.42 Å². The summed E-state index contributed by atoms with van der Waals surface area (Å²) in [6.45, 7) is 6.07. The zero-order valence-electron chi connectivity index (χ0n) is 12.5. The Kier molecular flexibility index (Phi) is 5.77. The molecule has 0 fully saturated rings. The molecule has 112 valence electrons. The molecule has 0 amide bonds. The molecule has 3 heteroatoms. The maximum absolute atomic E-state index is 13.3. The third-order valence-corrected chi connectivity index (χ3v) is 4.02. The Morgan fingerprint density at radius 1 is 1.19 bits per heavy atom. The van der Waals surface area contributed by atoms with Gasteiger partial charge in [-0.2, -0.15) is 0 Å². The van der Waals surface area contributed by atoms with Crippen molar-refractivity contribution < 1.29 is 4.39 Å². The zero-order chi connectivity index (χ0) is 15.2. The van der Waals surface area contributed by atoms with E-state index in [4.69, 9.17) is 11.6 Å². The van der Waals surface area contributed by atoms with Crippen molar-refractivity contribution in [1.29, 1.82) is 0 Å². The number of likely N-dealkylation sites (N-methyl/N-ethyl adjacent to an activating group) is 1. The molecule has 0 bridgehead atoms. The fourth-order valence-corrected chi connectivity index (χ4v) is 2.81. The van der Waals surface area contributed by atoms with Crippen LogP contribution in [0.3, 0.4) is 0 Å². The highest BCUT2D eigenvalue weighted by Crippen LogP contribution is 2.25. The van der Waals surface area contributed by atoms with Crippen LogP contribution in [0.15, 0.2) is 42.5 Å². The van der Waals surface area contributed by atoms with Gasteiger partial charge < -0.3 is 5.32 Å². The molecule has 1 atom stereocenters. The van der Waals surface area contributed by atoms with E-state index in [0.29, 0.717) is 5.92 Å². The zero-order valence-corrected chi connectivity index (χ0v) is 13.3. The van der Waals surface area contributed by atoms with E-state index in [-0.39, 0.29) is 10.8 Å². The predicted molar refractivity (Wildman–Crippen MR) is 87.6 cm³/mol. The first kappa shape index (κ1) is 16.0. The highest BCUT2D eigenvalue weighted by molar-refractivity contribution is 6.30. The van der Waals surface area contributed by atoms with Crippen LogP contribution in [0, 0.1) is 12.7 Å². The Morgan fingerprint density at radius 3 is 2.62 bits per heavy atom. The van der Waals surface area contributed by atoms with Crippen LogP contribution >= 0.6 is 11.6 Å². The van der Waals surface area contributed by atoms with Crippen LogP contribution in [-0.4, -0.2) is 13.1 Å². The minimum atomic E-state index is -0.362. The maximum Gasteiger partial charge on any atom is 0.141 e. The van der Waals surface area contributed by atoms with Gasteiger partial charge >= 0.3 is 0 Å². The standard InChI is InChI=1S/C18H21ClFN/c1-3-21-12-15(16-7-5-4-6-13(16)2)10-14-8-9-18(20)17(19)11-14/h4-9,11,15,21H,3,10,12H2,1-2H3. The largest absolute Gasteiger partial charge is 0.316 e. The summed E-state index contributed by atoms with van der Waals surface area (Å²) in [4.78, 5) is 0. The molecule has 0 aliphatic heterocycles. The highest BCUT2D eigenvalue weighted by Gasteiger charge is 2.14. The Bertz CT molecular complexity index is 598. The van der Waals surface area contributed by atoms with Crippen LogP contribution in [0.1, 0.15) is 29.5 Å². The topological polar surface area (TPSA) is 12.0 Å². The van der Waals surface area contributed by atoms with Gasteiger partial charge in [0.25, 0.3) is 0 Å². The van der Waals surface area contributed by atoms with Crippen LogP contribution in [0.25, 0.3) is 0 Å². The molecular formula is C18H21ClFN. The molecule has 0 heterocycles. The molecule has 1 N–H and O–H groups in total. The lowest BCUT2D eigenvalue weighted by molar-refractivity contribution is 0.590. The molecule has 0 aliphatic carbocycles. The lowest BCUT2D eigenvalue weighted by Gasteiger charge is -2.20. The number of hydrogen-bond acceptors (Lipinski definition) is 1. The van der Waals surface area contributed by atoms with E-state index in [2.05, 4.69) is 43.4 Å². The summed E-state index contributed by atoms with van der Waals surface area (Å²) < 4.78 is 13.3. The van der Waals surface area contributed by atoms with Gasteiger partial charge in [0, 0.05) is 12.5 Å². The lowest BCUT2D eigenvalue weighted by Crippen LogP contribution is -2.23. The third kappa shape index (κ3) is 4.29. The van der Waals surface area contributed by atoms with Crippen LogP contribution in [0.2, 0.25) is 5.02 Å². The second-order valence-corrected chi connectivity index (χ2v) is 5.72. The highest BCUT2D eigenvalue weighted by atomic mass is 35.5. The van der Waals surface area contributed by atoms with E-state index in [1.807, 2.05) is 6.07 Å². The van der Waals surface area contributed by atoms with Crippen molar-refractivity contribution in [3.05, 3.63) is 70.0 Å². The average Bonchev–Trinajstić information content (AvgIpc) is 2.48. The average molecular weight is 306 g/mol. The van der Waals surface area contributed by atoms with Crippen LogP contribution in [0.4, 0.5) is 4.39 Å². The smallest absolute Gasteiger partial charge is 0.141 e. The number of rotatable bonds is 6. The maximum atomic E-state index is 13.3. The van der Waals surface area contributed by atoms with Crippen LogP contribution < -0.4 is 5.32 Å². The molecule has 0 saturated heterocycles. The number of aryl methyl sites for hydroxylation is 1. The molecule has 21 heavy (non-hydrogen) atoms. The normalized spacial score (nSPS) is 12.4. The quantitative estimate of drug-likeness (QED) is 0.814. The van der Waals surface area contributed by atoms with Crippen molar-refractivity contribution in [3.8, 4) is 0 Å². The molecule has 2 aromatic rings. The van der Waals surface area contributed by atoms with Gasteiger partial charge in [-0.25, -0.2) is 4.39 Å². The lowest BCUT2D eigenvalue weighted by atomic mass is 9.89. The van der Waals surface area contributed by atoms with E-state index >= 15 is 0 Å². The van der Waals surface area contributed by atoms with Gasteiger partial charge in [-0.1, -0.05) is 48.9 Å². The molecule has 2 rings (SSSR count). The first-order chi connectivity index (χ1) is 10.1. The predicted octanol–water partition coefficient (Wildman–Crippen LogP) is 4.72. The molecule has 0 aromatic heterocycles. The summed E-state index contributed by atoms with van der Waals surface area (Å²) in [5.74, 6) is -0.00720. The summed E-state index contributed by atoms with van der Waals surface area (Å²) in [7, 11) is 0. The van der Waals surface area contributed by atoms with Crippen LogP contribution in [0.5, 0.6) is 0 Å². The fraction of sp³-hybridized carbons (Fsp3) is 0.333. The molecule has 1 unspecified atom stereocenters. The second-order valence-electron chi connectivity index (χ2n) is 5.31. The first-order valence-corrected chi connectivity index (χ1v) is 7.69. The number of nitrogens with one attached hydrogen (secondary N) is 1. The molecule has 0 radical (unpaired) electrons. The van der Waals surface area contributed by atoms with E-state index in [9.17, 15) is 4.39 Å². The van der Waals surface area contributed by atoms with Gasteiger partial charge in [0.2, 0.25) is 0 Å². The Hall–Kier alpha value is -1.38. The van der Waals surface area contributed by atoms with Crippen molar-refractivity contribution in [2.75, 3.05) is 13.1 Å². The van der Waals surface area contributed by atoms with Crippen molar-refractivity contribution >= 4 is 11.6 Å². The summed E-state index contributed by atoms with van der Waals surface area (Å²) >= 11 is 5.89. The van der Waals surface area contributed by atoms with Gasteiger partial charge in [0.15, 0.2) is 0 Å². The SMILES string of the molecule is CCNCC(Cc1ccc(F)c(Cl)c1)c1ccccc1C. The van der Waals surface area contributed by atoms with E-state index in [1.165, 1.54) is 17.2 Å². The second kappa shape index (κ2) is 7.58. The Labute approximate surface area is 131 Å². The van der Waals surface area contributed by atoms with Gasteiger partial charge in [-0.15, -0.1) is 0 Å². The van der Waals surface area contributed by atoms with Gasteiger partial charge in [0.05, 0.1) is 5.02 Å². The summed E-state index contributed by atoms with van der Waals surface area (Å²) in [6, 6.07) is 13.4. The monoisotopic (exact) mass is 305 g/mol. The van der Waals surface area contributed by atoms with E-state index in [0.717, 1.165) is 25.1 Å². The number of benzene rings is 2. The van der Waals surface area contributed by atoms with E-state index in [1.54, 1.807) is 6.07 Å². The van der Waals surface area contributed by atoms with Gasteiger partial charge in [0.1, 0.15) is 5.82 Å². The number of hydrogen-bond donors (Lipinski definition) is 1. The van der Waals surface area contributed by atoms with E-state index < -0.39 is 0 Å². The molecular weight excluding hydrogens is 285 g/mol. The molecule has 0 spiro atoms. The molecule has 1 nitrogen and oxygen atoms in total. The minimum absolute atomic E-state index is 0.194. The minimum Gasteiger partial charge on any atom is -0.316 e. The summed E-state index contributed by atoms with van der Waals surface area (Å²) in [5.41, 5.74) is 3.68. The molecule has 2 aromatic carbocycles. The molecule has 0 saturated carbocycles. The third-order valence-electron chi connectivity index (χ3n) is 3.74.